The van der Waals surface area contributed by atoms with E-state index in [-0.39, 0.29) is 18.4 Å². The summed E-state index contributed by atoms with van der Waals surface area (Å²) in [6.07, 6.45) is 3.09. The molecule has 2 fully saturated rings. The van der Waals surface area contributed by atoms with E-state index >= 15 is 0 Å². The van der Waals surface area contributed by atoms with Crippen LogP contribution < -0.4 is 0 Å². The summed E-state index contributed by atoms with van der Waals surface area (Å²) in [5, 5.41) is 3.93. The molecule has 1 aliphatic heterocycles. The zero-order valence-electron chi connectivity index (χ0n) is 13.7. The Morgan fingerprint density at radius 2 is 2.00 bits per heavy atom. The first kappa shape index (κ1) is 15.8. The molecule has 0 radical (unpaired) electrons. The zero-order valence-corrected chi connectivity index (χ0v) is 13.7. The van der Waals surface area contributed by atoms with Crippen molar-refractivity contribution in [2.24, 2.45) is 0 Å². The topological polar surface area (TPSA) is 66.7 Å². The minimum absolute atomic E-state index is 0.186. The van der Waals surface area contributed by atoms with Gasteiger partial charge in [-0.05, 0) is 31.4 Å². The molecule has 2 heterocycles. The van der Waals surface area contributed by atoms with Gasteiger partial charge in [0.25, 0.3) is 0 Å². The van der Waals surface area contributed by atoms with Crippen molar-refractivity contribution in [2.45, 2.75) is 31.8 Å². The van der Waals surface area contributed by atoms with Crippen molar-refractivity contribution in [3.8, 4) is 11.3 Å². The van der Waals surface area contributed by atoms with E-state index in [4.69, 9.17) is 4.52 Å². The number of amides is 2. The summed E-state index contributed by atoms with van der Waals surface area (Å²) < 4.78 is 18.6. The van der Waals surface area contributed by atoms with Gasteiger partial charge in [0.1, 0.15) is 11.5 Å². The molecule has 0 bridgehead atoms. The van der Waals surface area contributed by atoms with E-state index in [0.717, 1.165) is 19.3 Å². The Hall–Kier alpha value is -2.70. The van der Waals surface area contributed by atoms with E-state index in [9.17, 15) is 14.0 Å². The molecule has 1 aliphatic carbocycles. The molecule has 0 spiro atoms. The molecule has 1 saturated heterocycles. The molecule has 4 rings (SSSR count). The van der Waals surface area contributed by atoms with Gasteiger partial charge in [0.15, 0.2) is 5.76 Å². The monoisotopic (exact) mass is 343 g/mol. The number of rotatable bonds is 4. The largest absolute Gasteiger partial charge is 0.359 e. The van der Waals surface area contributed by atoms with Crippen LogP contribution in [-0.2, 0) is 16.1 Å². The van der Waals surface area contributed by atoms with Crippen LogP contribution in [0.5, 0.6) is 0 Å². The van der Waals surface area contributed by atoms with Crippen LogP contribution in [0.25, 0.3) is 11.3 Å². The number of benzene rings is 1. The van der Waals surface area contributed by atoms with Crippen molar-refractivity contribution in [1.82, 2.24) is 15.0 Å². The number of carbonyl (C=O) groups is 2. The summed E-state index contributed by atoms with van der Waals surface area (Å²) in [7, 11) is 0. The van der Waals surface area contributed by atoms with Crippen molar-refractivity contribution < 1.29 is 18.5 Å². The lowest BCUT2D eigenvalue weighted by Gasteiger charge is -2.41. The number of carbonyl (C=O) groups excluding carboxylic acids is 2. The lowest BCUT2D eigenvalue weighted by molar-refractivity contribution is -0.159. The van der Waals surface area contributed by atoms with Crippen LogP contribution in [0.15, 0.2) is 34.9 Å². The van der Waals surface area contributed by atoms with Crippen molar-refractivity contribution >= 4 is 11.8 Å². The molecule has 7 heteroatoms. The molecule has 25 heavy (non-hydrogen) atoms. The molecule has 0 N–H and O–H groups in total. The predicted octanol–water partition coefficient (Wildman–Crippen LogP) is 2.20. The minimum atomic E-state index is -0.498. The van der Waals surface area contributed by atoms with Crippen molar-refractivity contribution in [3.05, 3.63) is 41.9 Å². The van der Waals surface area contributed by atoms with Gasteiger partial charge in [0.05, 0.1) is 6.54 Å². The molecule has 1 saturated carbocycles. The van der Waals surface area contributed by atoms with Gasteiger partial charge in [-0.1, -0.05) is 17.3 Å². The summed E-state index contributed by atoms with van der Waals surface area (Å²) in [6.45, 7) is 1.22. The number of halogens is 1. The molecule has 6 nitrogen and oxygen atoms in total. The third-order valence-electron chi connectivity index (χ3n) is 4.88. The van der Waals surface area contributed by atoms with Gasteiger partial charge >= 0.3 is 11.8 Å². The first-order valence-electron chi connectivity index (χ1n) is 8.43. The van der Waals surface area contributed by atoms with E-state index in [1.54, 1.807) is 23.1 Å². The molecule has 1 aromatic heterocycles. The standard InChI is InChI=1S/C18H18FN3O3/c19-13-4-1-3-12(9-13)16-10-15(25-20-16)11-21-7-8-22(14-5-2-6-14)18(24)17(21)23/h1,3-4,9-10,14H,2,5-8,11H2. The average Bonchev–Trinajstić information content (AvgIpc) is 3.01. The molecule has 130 valence electrons. The second-order valence-electron chi connectivity index (χ2n) is 6.50. The molecule has 0 unspecified atom stereocenters. The highest BCUT2D eigenvalue weighted by Crippen LogP contribution is 2.27. The van der Waals surface area contributed by atoms with Gasteiger partial charge in [-0.15, -0.1) is 0 Å². The number of nitrogens with zero attached hydrogens (tertiary/aromatic N) is 3. The third-order valence-corrected chi connectivity index (χ3v) is 4.88. The maximum absolute atomic E-state index is 13.3. The number of hydrogen-bond donors (Lipinski definition) is 0. The smallest absolute Gasteiger partial charge is 0.312 e. The van der Waals surface area contributed by atoms with Crippen molar-refractivity contribution in [2.75, 3.05) is 13.1 Å². The Kier molecular flexibility index (Phi) is 3.99. The van der Waals surface area contributed by atoms with Crippen molar-refractivity contribution in [1.29, 1.82) is 0 Å². The highest BCUT2D eigenvalue weighted by atomic mass is 19.1. The summed E-state index contributed by atoms with van der Waals surface area (Å²) in [4.78, 5) is 27.8. The van der Waals surface area contributed by atoms with Crippen LogP contribution in [0.2, 0.25) is 0 Å². The van der Waals surface area contributed by atoms with Gasteiger partial charge < -0.3 is 14.3 Å². The second-order valence-corrected chi connectivity index (χ2v) is 6.50. The van der Waals surface area contributed by atoms with Crippen LogP contribution >= 0.6 is 0 Å². The van der Waals surface area contributed by atoms with E-state index in [1.165, 1.54) is 17.0 Å². The van der Waals surface area contributed by atoms with Crippen LogP contribution in [0, 0.1) is 5.82 Å². The quantitative estimate of drug-likeness (QED) is 0.798. The van der Waals surface area contributed by atoms with E-state index in [2.05, 4.69) is 5.16 Å². The normalized spacial score (nSPS) is 18.6. The molecule has 2 aliphatic rings. The lowest BCUT2D eigenvalue weighted by Crippen LogP contribution is -2.58. The highest BCUT2D eigenvalue weighted by Gasteiger charge is 2.38. The SMILES string of the molecule is O=C1C(=O)N(C2CCC2)CCN1Cc1cc(-c2cccc(F)c2)no1. The highest BCUT2D eigenvalue weighted by molar-refractivity contribution is 6.35. The first-order chi connectivity index (χ1) is 12.1. The molecule has 2 aromatic rings. The van der Waals surface area contributed by atoms with Gasteiger partial charge in [-0.2, -0.15) is 0 Å². The summed E-state index contributed by atoms with van der Waals surface area (Å²) >= 11 is 0. The maximum atomic E-state index is 13.3. The fourth-order valence-electron chi connectivity index (χ4n) is 3.25. The van der Waals surface area contributed by atoms with Gasteiger partial charge in [0.2, 0.25) is 0 Å². The number of aromatic nitrogens is 1. The Bertz CT molecular complexity index is 815. The summed E-state index contributed by atoms with van der Waals surface area (Å²) in [5.41, 5.74) is 1.11. The molecule has 0 atom stereocenters. The van der Waals surface area contributed by atoms with Crippen molar-refractivity contribution in [3.63, 3.8) is 0 Å². The first-order valence-corrected chi connectivity index (χ1v) is 8.43. The van der Waals surface area contributed by atoms with Crippen LogP contribution in [0.4, 0.5) is 4.39 Å². The lowest BCUT2D eigenvalue weighted by atomic mass is 9.91. The minimum Gasteiger partial charge on any atom is -0.359 e. The van der Waals surface area contributed by atoms with Gasteiger partial charge in [0, 0.05) is 30.8 Å². The Morgan fingerprint density at radius 1 is 1.16 bits per heavy atom. The second kappa shape index (κ2) is 6.31. The fraction of sp³-hybridized carbons (Fsp3) is 0.389. The number of hydrogen-bond acceptors (Lipinski definition) is 4. The Morgan fingerprint density at radius 3 is 2.72 bits per heavy atom. The average molecular weight is 343 g/mol. The van der Waals surface area contributed by atoms with Crippen LogP contribution in [0.3, 0.4) is 0 Å². The maximum Gasteiger partial charge on any atom is 0.312 e. The molecule has 1 aromatic carbocycles. The predicted molar refractivity (Wildman–Crippen MR) is 86.7 cm³/mol. The molecular formula is C18H18FN3O3. The molecule has 2 amide bonds. The zero-order chi connectivity index (χ0) is 17.4. The van der Waals surface area contributed by atoms with Crippen LogP contribution in [0.1, 0.15) is 25.0 Å². The van der Waals surface area contributed by atoms with E-state index < -0.39 is 11.8 Å². The van der Waals surface area contributed by atoms with Gasteiger partial charge in [-0.25, -0.2) is 4.39 Å². The molecular weight excluding hydrogens is 325 g/mol. The Labute approximate surface area is 144 Å². The third kappa shape index (κ3) is 3.01. The Balaban J connectivity index is 1.44. The van der Waals surface area contributed by atoms with Gasteiger partial charge in [-0.3, -0.25) is 9.59 Å². The fourth-order valence-corrected chi connectivity index (χ4v) is 3.25. The summed E-state index contributed by atoms with van der Waals surface area (Å²) in [5.74, 6) is -0.810. The summed E-state index contributed by atoms with van der Waals surface area (Å²) in [6, 6.07) is 7.95. The number of piperazine rings is 1. The van der Waals surface area contributed by atoms with E-state index in [1.807, 2.05) is 0 Å². The van der Waals surface area contributed by atoms with Crippen LogP contribution in [-0.4, -0.2) is 45.9 Å². The van der Waals surface area contributed by atoms with E-state index in [0.29, 0.717) is 30.1 Å².